The van der Waals surface area contributed by atoms with E-state index >= 15 is 0 Å². The minimum Gasteiger partial charge on any atom is -0.493 e. The van der Waals surface area contributed by atoms with Gasteiger partial charge in [0.05, 0.1) is 13.3 Å². The molecule has 0 heterocycles. The van der Waals surface area contributed by atoms with Crippen LogP contribution in [0, 0.1) is 0 Å². The van der Waals surface area contributed by atoms with Crippen molar-refractivity contribution < 1.29 is 22.1 Å². The Kier molecular flexibility index (Phi) is 5.54. The molecule has 2 aromatic rings. The number of methoxy groups -OCH3 is 1. The molecule has 0 aliphatic heterocycles. The van der Waals surface area contributed by atoms with Gasteiger partial charge in [-0.3, -0.25) is 4.79 Å². The van der Waals surface area contributed by atoms with Gasteiger partial charge in [-0.1, -0.05) is 18.2 Å². The van der Waals surface area contributed by atoms with Crippen LogP contribution < -0.4 is 14.3 Å². The van der Waals surface area contributed by atoms with Crippen molar-refractivity contribution in [2.45, 2.75) is 11.8 Å². The van der Waals surface area contributed by atoms with Crippen molar-refractivity contribution in [3.8, 4) is 11.5 Å². The lowest BCUT2D eigenvalue weighted by Crippen LogP contribution is -2.12. The van der Waals surface area contributed by atoms with Gasteiger partial charge in [0.2, 0.25) is 5.91 Å². The molecule has 0 aliphatic rings. The van der Waals surface area contributed by atoms with Crippen molar-refractivity contribution in [1.29, 1.82) is 0 Å². The van der Waals surface area contributed by atoms with Crippen molar-refractivity contribution in [2.75, 3.05) is 7.11 Å². The molecule has 0 unspecified atom stereocenters. The zero-order valence-corrected chi connectivity index (χ0v) is 13.9. The van der Waals surface area contributed by atoms with Crippen LogP contribution in [0.5, 0.6) is 11.5 Å². The number of nitrogens with one attached hydrogen (secondary N) is 1. The maximum absolute atomic E-state index is 12.3. The van der Waals surface area contributed by atoms with Gasteiger partial charge in [-0.25, -0.2) is 5.43 Å². The largest absolute Gasteiger partial charge is 0.493 e. The molecule has 24 heavy (non-hydrogen) atoms. The highest BCUT2D eigenvalue weighted by atomic mass is 32.2. The molecule has 2 rings (SSSR count). The predicted molar refractivity (Wildman–Crippen MR) is 88.7 cm³/mol. The van der Waals surface area contributed by atoms with E-state index in [1.54, 1.807) is 30.3 Å². The Morgan fingerprint density at radius 2 is 1.83 bits per heavy atom. The zero-order valence-electron chi connectivity index (χ0n) is 13.1. The third kappa shape index (κ3) is 4.56. The zero-order chi connectivity index (χ0) is 17.6. The van der Waals surface area contributed by atoms with Crippen LogP contribution in [0.25, 0.3) is 0 Å². The Hall–Kier alpha value is -2.87. The maximum atomic E-state index is 12.3. The van der Waals surface area contributed by atoms with Gasteiger partial charge < -0.3 is 8.92 Å². The first-order valence-corrected chi connectivity index (χ1v) is 8.30. The number of benzene rings is 2. The number of hydrogen-bond acceptors (Lipinski definition) is 6. The van der Waals surface area contributed by atoms with Crippen LogP contribution >= 0.6 is 0 Å². The summed E-state index contributed by atoms with van der Waals surface area (Å²) >= 11 is 0. The standard InChI is InChI=1S/C16H16N2O5S/c1-12(19)18-17-11-13-8-9-15(16(10-13)22-2)23-24(20,21)14-6-4-3-5-7-14/h3-11H,1-2H3,(H,18,19)/b17-11+. The monoisotopic (exact) mass is 348 g/mol. The average Bonchev–Trinajstić information content (AvgIpc) is 2.56. The van der Waals surface area contributed by atoms with Gasteiger partial charge >= 0.3 is 10.1 Å². The van der Waals surface area contributed by atoms with Crippen molar-refractivity contribution in [3.05, 3.63) is 54.1 Å². The van der Waals surface area contributed by atoms with Crippen molar-refractivity contribution in [1.82, 2.24) is 5.43 Å². The molecule has 7 nitrogen and oxygen atoms in total. The van der Waals surface area contributed by atoms with E-state index in [1.807, 2.05) is 0 Å². The van der Waals surface area contributed by atoms with E-state index in [4.69, 9.17) is 8.92 Å². The summed E-state index contributed by atoms with van der Waals surface area (Å²) in [6.07, 6.45) is 1.40. The number of carbonyl (C=O) groups excluding carboxylic acids is 1. The topological polar surface area (TPSA) is 94.1 Å². The fourth-order valence-electron chi connectivity index (χ4n) is 1.78. The molecule has 0 bridgehead atoms. The number of ether oxygens (including phenoxy) is 1. The van der Waals surface area contributed by atoms with Gasteiger partial charge in [0.15, 0.2) is 11.5 Å². The number of hydrogen-bond donors (Lipinski definition) is 1. The molecule has 2 aromatic carbocycles. The molecule has 8 heteroatoms. The Labute approximate surface area is 140 Å². The van der Waals surface area contributed by atoms with E-state index in [9.17, 15) is 13.2 Å². The highest BCUT2D eigenvalue weighted by Crippen LogP contribution is 2.30. The smallest absolute Gasteiger partial charge is 0.339 e. The third-order valence-corrected chi connectivity index (χ3v) is 4.10. The van der Waals surface area contributed by atoms with Gasteiger partial charge in [-0.2, -0.15) is 13.5 Å². The molecule has 0 atom stereocenters. The van der Waals surface area contributed by atoms with Crippen LogP contribution in [0.2, 0.25) is 0 Å². The van der Waals surface area contributed by atoms with Crippen LogP contribution in [0.3, 0.4) is 0 Å². The fourth-order valence-corrected chi connectivity index (χ4v) is 2.75. The second-order valence-electron chi connectivity index (χ2n) is 4.69. The lowest BCUT2D eigenvalue weighted by atomic mass is 10.2. The van der Waals surface area contributed by atoms with Gasteiger partial charge in [-0.05, 0) is 35.9 Å². The SMILES string of the molecule is COc1cc(/C=N/NC(C)=O)ccc1OS(=O)(=O)c1ccccc1. The normalized spacial score (nSPS) is 11.2. The van der Waals surface area contributed by atoms with Crippen molar-refractivity contribution >= 4 is 22.2 Å². The Morgan fingerprint density at radius 3 is 2.46 bits per heavy atom. The second kappa shape index (κ2) is 7.60. The molecule has 0 fully saturated rings. The third-order valence-electron chi connectivity index (χ3n) is 2.85. The van der Waals surface area contributed by atoms with Crippen molar-refractivity contribution in [2.24, 2.45) is 5.10 Å². The van der Waals surface area contributed by atoms with Crippen LogP contribution in [0.15, 0.2) is 58.5 Å². The molecule has 0 spiro atoms. The second-order valence-corrected chi connectivity index (χ2v) is 6.23. The average molecular weight is 348 g/mol. The van der Waals surface area contributed by atoms with Crippen LogP contribution in [0.1, 0.15) is 12.5 Å². The molecule has 0 aliphatic carbocycles. The minimum absolute atomic E-state index is 0.0448. The Bertz CT molecular complexity index is 848. The first kappa shape index (κ1) is 17.5. The number of rotatable bonds is 6. The van der Waals surface area contributed by atoms with Gasteiger partial charge in [0.1, 0.15) is 4.90 Å². The maximum Gasteiger partial charge on any atom is 0.339 e. The van der Waals surface area contributed by atoms with Crippen molar-refractivity contribution in [3.63, 3.8) is 0 Å². The van der Waals surface area contributed by atoms with E-state index in [-0.39, 0.29) is 22.3 Å². The van der Waals surface area contributed by atoms with Crippen LogP contribution in [-0.2, 0) is 14.9 Å². The number of hydrazone groups is 1. The predicted octanol–water partition coefficient (Wildman–Crippen LogP) is 1.93. The highest BCUT2D eigenvalue weighted by molar-refractivity contribution is 7.87. The number of nitrogens with zero attached hydrogens (tertiary/aromatic N) is 1. The van der Waals surface area contributed by atoms with Crippen LogP contribution in [0.4, 0.5) is 0 Å². The summed E-state index contributed by atoms with van der Waals surface area (Å²) in [6, 6.07) is 12.4. The lowest BCUT2D eigenvalue weighted by Gasteiger charge is -2.11. The van der Waals surface area contributed by atoms with E-state index in [0.717, 1.165) is 0 Å². The summed E-state index contributed by atoms with van der Waals surface area (Å²) in [5, 5.41) is 3.73. The molecule has 126 valence electrons. The first-order chi connectivity index (χ1) is 11.4. The van der Waals surface area contributed by atoms with Gasteiger partial charge in [0.25, 0.3) is 0 Å². The Balaban J connectivity index is 2.25. The van der Waals surface area contributed by atoms with E-state index in [0.29, 0.717) is 5.56 Å². The summed E-state index contributed by atoms with van der Waals surface area (Å²) in [4.78, 5) is 10.8. The molecule has 0 saturated carbocycles. The summed E-state index contributed by atoms with van der Waals surface area (Å²) in [5.41, 5.74) is 2.87. The highest BCUT2D eigenvalue weighted by Gasteiger charge is 2.18. The van der Waals surface area contributed by atoms with E-state index < -0.39 is 10.1 Å². The molecule has 0 saturated heterocycles. The quantitative estimate of drug-likeness (QED) is 0.489. The van der Waals surface area contributed by atoms with Gasteiger partial charge in [0, 0.05) is 6.92 Å². The first-order valence-electron chi connectivity index (χ1n) is 6.89. The summed E-state index contributed by atoms with van der Waals surface area (Å²) < 4.78 is 34.8. The number of carbonyl (C=O) groups is 1. The van der Waals surface area contributed by atoms with Crippen LogP contribution in [-0.4, -0.2) is 27.6 Å². The summed E-state index contributed by atoms with van der Waals surface area (Å²) in [6.45, 7) is 1.34. The molecule has 1 amide bonds. The van der Waals surface area contributed by atoms with Gasteiger partial charge in [-0.15, -0.1) is 0 Å². The molecule has 1 N–H and O–H groups in total. The lowest BCUT2D eigenvalue weighted by molar-refractivity contribution is -0.118. The molecule has 0 aromatic heterocycles. The van der Waals surface area contributed by atoms with E-state index in [1.165, 1.54) is 38.4 Å². The minimum atomic E-state index is -3.96. The summed E-state index contributed by atoms with van der Waals surface area (Å²) in [5.74, 6) is -0.0218. The van der Waals surface area contributed by atoms with E-state index in [2.05, 4.69) is 10.5 Å². The Morgan fingerprint density at radius 1 is 1.12 bits per heavy atom. The summed E-state index contributed by atoms with van der Waals surface area (Å²) in [7, 11) is -2.56. The number of amides is 1. The fraction of sp³-hybridized carbons (Fsp3) is 0.125. The molecular formula is C16H16N2O5S. The molecular weight excluding hydrogens is 332 g/mol. The molecule has 0 radical (unpaired) electrons.